The lowest BCUT2D eigenvalue weighted by Gasteiger charge is -2.11. The summed E-state index contributed by atoms with van der Waals surface area (Å²) in [6.45, 7) is 0.566. The molecule has 1 aromatic carbocycles. The molecule has 0 saturated carbocycles. The highest BCUT2D eigenvalue weighted by Gasteiger charge is 2.14. The molecule has 0 bridgehead atoms. The van der Waals surface area contributed by atoms with E-state index in [0.29, 0.717) is 18.7 Å². The van der Waals surface area contributed by atoms with E-state index < -0.39 is 0 Å². The summed E-state index contributed by atoms with van der Waals surface area (Å²) in [5, 5.41) is 10.1. The first kappa shape index (κ1) is 15.7. The second-order valence-corrected chi connectivity index (χ2v) is 4.97. The van der Waals surface area contributed by atoms with Crippen molar-refractivity contribution in [1.82, 2.24) is 10.2 Å². The molecule has 1 heterocycles. The van der Waals surface area contributed by atoms with Crippen molar-refractivity contribution in [2.24, 2.45) is 0 Å². The van der Waals surface area contributed by atoms with Crippen LogP contribution in [-0.2, 0) is 11.2 Å². The number of hydrogen-bond acceptors (Lipinski definition) is 4. The number of rotatable bonds is 5. The van der Waals surface area contributed by atoms with Crippen molar-refractivity contribution in [3.63, 3.8) is 0 Å². The number of halogens is 2. The molecule has 0 aliphatic heterocycles. The second kappa shape index (κ2) is 7.36. The van der Waals surface area contributed by atoms with Crippen LogP contribution in [0.4, 0.5) is 5.69 Å². The van der Waals surface area contributed by atoms with E-state index in [1.807, 2.05) is 24.3 Å². The molecular formula is C14H13Cl2N3O2. The van der Waals surface area contributed by atoms with Gasteiger partial charge in [-0.1, -0.05) is 41.4 Å². The summed E-state index contributed by atoms with van der Waals surface area (Å²) in [4.78, 5) is 12.3. The number of ether oxygens (including phenoxy) is 1. The van der Waals surface area contributed by atoms with Crippen LogP contribution < -0.4 is 5.32 Å². The third-order valence-electron chi connectivity index (χ3n) is 2.80. The Bertz CT molecular complexity index is 650. The van der Waals surface area contributed by atoms with Crippen molar-refractivity contribution in [1.29, 1.82) is 0 Å². The smallest absolute Gasteiger partial charge is 0.258 e. The molecule has 0 aliphatic carbocycles. The van der Waals surface area contributed by atoms with Crippen LogP contribution in [0.5, 0.6) is 0 Å². The molecule has 7 heteroatoms. The predicted molar refractivity (Wildman–Crippen MR) is 82.0 cm³/mol. The molecule has 0 aliphatic rings. The van der Waals surface area contributed by atoms with E-state index in [4.69, 9.17) is 27.9 Å². The number of nitrogens with one attached hydrogen (secondary N) is 1. The Labute approximate surface area is 132 Å². The van der Waals surface area contributed by atoms with E-state index in [2.05, 4.69) is 15.5 Å². The zero-order valence-corrected chi connectivity index (χ0v) is 12.8. The summed E-state index contributed by atoms with van der Waals surface area (Å²) in [6.07, 6.45) is 0.691. The molecule has 1 N–H and O–H groups in total. The fourth-order valence-electron chi connectivity index (χ4n) is 1.77. The van der Waals surface area contributed by atoms with Crippen LogP contribution in [0.2, 0.25) is 10.3 Å². The minimum Gasteiger partial charge on any atom is -0.384 e. The average Bonchev–Trinajstić information content (AvgIpc) is 2.48. The molecule has 1 aromatic heterocycles. The molecule has 0 spiro atoms. The third-order valence-corrected chi connectivity index (χ3v) is 3.27. The largest absolute Gasteiger partial charge is 0.384 e. The highest BCUT2D eigenvalue weighted by atomic mass is 35.5. The number of hydrogen-bond donors (Lipinski definition) is 1. The Morgan fingerprint density at radius 1 is 1.29 bits per heavy atom. The van der Waals surface area contributed by atoms with E-state index in [-0.39, 0.29) is 21.8 Å². The monoisotopic (exact) mass is 325 g/mol. The van der Waals surface area contributed by atoms with Crippen molar-refractivity contribution in [2.75, 3.05) is 19.0 Å². The Kier molecular flexibility index (Phi) is 5.50. The van der Waals surface area contributed by atoms with Gasteiger partial charge in [-0.05, 0) is 24.1 Å². The molecule has 21 heavy (non-hydrogen) atoms. The quantitative estimate of drug-likeness (QED) is 0.916. The van der Waals surface area contributed by atoms with Gasteiger partial charge in [0, 0.05) is 12.8 Å². The summed E-state index contributed by atoms with van der Waals surface area (Å²) < 4.78 is 5.06. The van der Waals surface area contributed by atoms with Gasteiger partial charge in [-0.2, -0.15) is 0 Å². The summed E-state index contributed by atoms with van der Waals surface area (Å²) in [5.74, 6) is -0.387. The fourth-order valence-corrected chi connectivity index (χ4v) is 2.10. The number of amides is 1. The van der Waals surface area contributed by atoms with Crippen molar-refractivity contribution >= 4 is 34.8 Å². The molecule has 0 unspecified atom stereocenters. The minimum absolute atomic E-state index is 0.00581. The van der Waals surface area contributed by atoms with Crippen LogP contribution in [-0.4, -0.2) is 29.8 Å². The number of benzene rings is 1. The molecule has 110 valence electrons. The lowest BCUT2D eigenvalue weighted by molar-refractivity contribution is 0.102. The third kappa shape index (κ3) is 4.14. The number of carbonyl (C=O) groups excluding carboxylic acids is 1. The molecule has 1 amide bonds. The number of aromatic nitrogens is 2. The van der Waals surface area contributed by atoms with Crippen LogP contribution in [0.25, 0.3) is 0 Å². The molecule has 5 nitrogen and oxygen atoms in total. The maximum absolute atomic E-state index is 12.3. The van der Waals surface area contributed by atoms with E-state index >= 15 is 0 Å². The Morgan fingerprint density at radius 3 is 2.81 bits per heavy atom. The van der Waals surface area contributed by atoms with Crippen molar-refractivity contribution in [3.05, 3.63) is 51.8 Å². The molecule has 0 atom stereocenters. The van der Waals surface area contributed by atoms with Gasteiger partial charge >= 0.3 is 0 Å². The zero-order valence-electron chi connectivity index (χ0n) is 11.3. The lowest BCUT2D eigenvalue weighted by atomic mass is 10.1. The van der Waals surface area contributed by atoms with Gasteiger partial charge in [-0.3, -0.25) is 4.79 Å². The van der Waals surface area contributed by atoms with E-state index in [1.165, 1.54) is 6.07 Å². The zero-order chi connectivity index (χ0) is 15.2. The molecule has 0 saturated heterocycles. The standard InChI is InChI=1S/C14H13Cl2N3O2/c1-21-7-6-9-4-2-3-5-11(9)17-14(20)10-8-12(15)18-19-13(10)16/h2-5,8H,6-7H2,1H3,(H,17,20). The number of nitrogens with zero attached hydrogens (tertiary/aromatic N) is 2. The van der Waals surface area contributed by atoms with Gasteiger partial charge in [0.1, 0.15) is 0 Å². The summed E-state index contributed by atoms with van der Waals surface area (Å²) in [6, 6.07) is 8.86. The van der Waals surface area contributed by atoms with Gasteiger partial charge in [-0.25, -0.2) is 0 Å². The fraction of sp³-hybridized carbons (Fsp3) is 0.214. The number of carbonyl (C=O) groups is 1. The van der Waals surface area contributed by atoms with Crippen LogP contribution in [0, 0.1) is 0 Å². The number of para-hydroxylation sites is 1. The lowest BCUT2D eigenvalue weighted by Crippen LogP contribution is -2.15. The average molecular weight is 326 g/mol. The maximum atomic E-state index is 12.3. The van der Waals surface area contributed by atoms with Gasteiger partial charge < -0.3 is 10.1 Å². The SMILES string of the molecule is COCCc1ccccc1NC(=O)c1cc(Cl)nnc1Cl. The minimum atomic E-state index is -0.387. The first-order chi connectivity index (χ1) is 10.1. The Morgan fingerprint density at radius 2 is 2.05 bits per heavy atom. The summed E-state index contributed by atoms with van der Waals surface area (Å²) in [7, 11) is 1.63. The topological polar surface area (TPSA) is 64.1 Å². The molecular weight excluding hydrogens is 313 g/mol. The van der Waals surface area contributed by atoms with Gasteiger partial charge in [0.15, 0.2) is 10.3 Å². The van der Waals surface area contributed by atoms with Gasteiger partial charge in [0.05, 0.1) is 12.2 Å². The number of anilines is 1. The first-order valence-electron chi connectivity index (χ1n) is 6.18. The van der Waals surface area contributed by atoms with Gasteiger partial charge in [0.25, 0.3) is 5.91 Å². The predicted octanol–water partition coefficient (Wildman–Crippen LogP) is 3.22. The van der Waals surface area contributed by atoms with E-state index in [1.54, 1.807) is 7.11 Å². The van der Waals surface area contributed by atoms with E-state index in [9.17, 15) is 4.79 Å². The molecule has 0 radical (unpaired) electrons. The highest BCUT2D eigenvalue weighted by Crippen LogP contribution is 2.20. The van der Waals surface area contributed by atoms with Crippen LogP contribution in [0.15, 0.2) is 30.3 Å². The summed E-state index contributed by atoms with van der Waals surface area (Å²) >= 11 is 11.6. The van der Waals surface area contributed by atoms with Gasteiger partial charge in [0.2, 0.25) is 0 Å². The molecule has 2 rings (SSSR count). The van der Waals surface area contributed by atoms with Gasteiger partial charge in [-0.15, -0.1) is 10.2 Å². The Balaban J connectivity index is 2.21. The number of methoxy groups -OCH3 is 1. The van der Waals surface area contributed by atoms with Crippen molar-refractivity contribution in [2.45, 2.75) is 6.42 Å². The molecule has 0 fully saturated rings. The van der Waals surface area contributed by atoms with Crippen LogP contribution in [0.1, 0.15) is 15.9 Å². The Hall–Kier alpha value is -1.69. The van der Waals surface area contributed by atoms with Crippen molar-refractivity contribution < 1.29 is 9.53 Å². The molecule has 2 aromatic rings. The van der Waals surface area contributed by atoms with Crippen molar-refractivity contribution in [3.8, 4) is 0 Å². The first-order valence-corrected chi connectivity index (χ1v) is 6.94. The highest BCUT2D eigenvalue weighted by molar-refractivity contribution is 6.34. The second-order valence-electron chi connectivity index (χ2n) is 4.23. The van der Waals surface area contributed by atoms with Crippen LogP contribution in [0.3, 0.4) is 0 Å². The summed E-state index contributed by atoms with van der Waals surface area (Å²) in [5.41, 5.74) is 1.85. The normalized spacial score (nSPS) is 10.4. The van der Waals surface area contributed by atoms with Crippen LogP contribution >= 0.6 is 23.2 Å². The maximum Gasteiger partial charge on any atom is 0.258 e. The van der Waals surface area contributed by atoms with E-state index in [0.717, 1.165) is 5.56 Å².